The van der Waals surface area contributed by atoms with Crippen LogP contribution in [0, 0.1) is 29.1 Å². The van der Waals surface area contributed by atoms with Gasteiger partial charge in [0.05, 0.1) is 30.2 Å². The molecule has 3 N–H and O–H groups in total. The summed E-state index contributed by atoms with van der Waals surface area (Å²) in [6.07, 6.45) is 6.19. The summed E-state index contributed by atoms with van der Waals surface area (Å²) in [4.78, 5) is 15.8. The van der Waals surface area contributed by atoms with Crippen LogP contribution in [0.5, 0.6) is 5.75 Å². The van der Waals surface area contributed by atoms with Crippen LogP contribution < -0.4 is 20.1 Å². The molecule has 3 fully saturated rings. The number of ether oxygens (including phenoxy) is 3. The van der Waals surface area contributed by atoms with E-state index in [1.807, 2.05) is 37.3 Å². The second-order valence-electron chi connectivity index (χ2n) is 14.3. The summed E-state index contributed by atoms with van der Waals surface area (Å²) in [5.41, 5.74) is 9.45. The fraction of sp³-hybridized carbons (Fsp3) is 0.629. The van der Waals surface area contributed by atoms with Gasteiger partial charge < -0.3 is 24.8 Å². The number of aryl methyl sites for hydroxylation is 1. The fourth-order valence-electron chi connectivity index (χ4n) is 8.72. The Kier molecular flexibility index (Phi) is 8.80. The van der Waals surface area contributed by atoms with Crippen molar-refractivity contribution in [3.63, 3.8) is 0 Å². The van der Waals surface area contributed by atoms with Crippen LogP contribution in [-0.2, 0) is 32.5 Å². The van der Waals surface area contributed by atoms with E-state index in [4.69, 9.17) is 31.5 Å². The maximum Gasteiger partial charge on any atom is 0.264 e. The highest BCUT2D eigenvalue weighted by molar-refractivity contribution is 7.90. The number of nitrogens with zero attached hydrogens (tertiary/aromatic N) is 1. The van der Waals surface area contributed by atoms with Gasteiger partial charge in [0.25, 0.3) is 5.91 Å². The van der Waals surface area contributed by atoms with E-state index in [2.05, 4.69) is 9.62 Å². The molecule has 2 aromatic carbocycles. The highest BCUT2D eigenvalue weighted by atomic mass is 35.5. The Morgan fingerprint density at radius 3 is 2.65 bits per heavy atom. The van der Waals surface area contributed by atoms with Crippen molar-refractivity contribution in [1.29, 1.82) is 0 Å². The summed E-state index contributed by atoms with van der Waals surface area (Å²) in [7, 11) is -3.90. The van der Waals surface area contributed by atoms with E-state index in [-0.39, 0.29) is 23.7 Å². The minimum Gasteiger partial charge on any atom is -0.487 e. The van der Waals surface area contributed by atoms with Crippen LogP contribution in [0.15, 0.2) is 36.4 Å². The molecular formula is C35H46ClN3O6S. The van der Waals surface area contributed by atoms with Crippen molar-refractivity contribution in [2.24, 2.45) is 34.8 Å². The lowest BCUT2D eigenvalue weighted by Gasteiger charge is -2.36. The van der Waals surface area contributed by atoms with Gasteiger partial charge in [-0.05, 0) is 111 Å². The van der Waals surface area contributed by atoms with E-state index in [0.717, 1.165) is 69.3 Å². The number of rotatable bonds is 1. The van der Waals surface area contributed by atoms with Crippen molar-refractivity contribution < 1.29 is 27.4 Å². The zero-order valence-electron chi connectivity index (χ0n) is 26.8. The first kappa shape index (κ1) is 32.2. The highest BCUT2D eigenvalue weighted by Crippen LogP contribution is 2.77. The number of carbonyl (C=O) groups excluding carboxylic acids is 1. The van der Waals surface area contributed by atoms with E-state index in [1.165, 1.54) is 5.56 Å². The van der Waals surface area contributed by atoms with Gasteiger partial charge in [-0.1, -0.05) is 31.0 Å². The SMILES string of the molecule is C[C@@H]1[C@@H](C)CCCC2([C@H]3OC[C@H](N)CO3)C3C[C@@H](CN4CCCCc5cc(Cl)ccc5COc5ccc(cc54)C(=O)NS1(=O)=O)[C@@H]32. The largest absolute Gasteiger partial charge is 0.487 e. The predicted octanol–water partition coefficient (Wildman–Crippen LogP) is 5.28. The van der Waals surface area contributed by atoms with E-state index in [1.54, 1.807) is 13.0 Å². The number of fused-ring (bicyclic) bond motifs is 3. The Labute approximate surface area is 277 Å². The van der Waals surface area contributed by atoms with Gasteiger partial charge in [-0.25, -0.2) is 13.1 Å². The number of nitrogens with two attached hydrogens (primary N) is 1. The van der Waals surface area contributed by atoms with Crippen molar-refractivity contribution in [3.05, 3.63) is 58.1 Å². The molecule has 2 aromatic rings. The third-order valence-electron chi connectivity index (χ3n) is 11.5. The number of anilines is 1. The molecule has 3 heterocycles. The zero-order valence-corrected chi connectivity index (χ0v) is 28.3. The number of sulfonamides is 1. The smallest absolute Gasteiger partial charge is 0.264 e. The number of hydrogen-bond donors (Lipinski definition) is 2. The summed E-state index contributed by atoms with van der Waals surface area (Å²) in [5.74, 6) is 1.38. The lowest BCUT2D eigenvalue weighted by atomic mass is 9.84. The minimum absolute atomic E-state index is 0.0748. The monoisotopic (exact) mass is 671 g/mol. The third-order valence-corrected chi connectivity index (χ3v) is 13.7. The molecule has 2 unspecified atom stereocenters. The molecule has 0 spiro atoms. The number of benzene rings is 2. The first-order valence-corrected chi connectivity index (χ1v) is 18.8. The number of amides is 1. The average molecular weight is 672 g/mol. The number of carbonyl (C=O) groups is 1. The molecule has 0 radical (unpaired) electrons. The molecule has 1 saturated heterocycles. The molecule has 2 aliphatic carbocycles. The first-order valence-electron chi connectivity index (χ1n) is 16.9. The van der Waals surface area contributed by atoms with Crippen LogP contribution in [0.2, 0.25) is 5.02 Å². The lowest BCUT2D eigenvalue weighted by molar-refractivity contribution is -0.224. The van der Waals surface area contributed by atoms with Gasteiger partial charge in [0.2, 0.25) is 10.0 Å². The second-order valence-corrected chi connectivity index (χ2v) is 16.8. The molecule has 1 amide bonds. The van der Waals surface area contributed by atoms with E-state index < -0.39 is 21.2 Å². The molecule has 0 aromatic heterocycles. The normalized spacial score (nSPS) is 36.0. The number of nitrogens with one attached hydrogen (secondary N) is 1. The van der Waals surface area contributed by atoms with Gasteiger partial charge in [-0.15, -0.1) is 0 Å². The van der Waals surface area contributed by atoms with Crippen molar-refractivity contribution >= 4 is 33.2 Å². The highest BCUT2D eigenvalue weighted by Gasteiger charge is 2.77. The number of halogens is 1. The maximum absolute atomic E-state index is 13.5. The Morgan fingerprint density at radius 2 is 1.85 bits per heavy atom. The van der Waals surface area contributed by atoms with E-state index >= 15 is 0 Å². The Bertz CT molecular complexity index is 1580. The zero-order chi connectivity index (χ0) is 32.2. The molecule has 6 atom stereocenters. The molecule has 9 nitrogen and oxygen atoms in total. The standard InChI is InChI=1S/C35H46ClN3O6S/c1-21-6-5-12-35(34-44-19-28(37)20-45-34)29-15-26(32(29)35)17-39-13-4-3-7-23-14-27(36)10-8-25(23)18-43-31-11-9-24(16-30(31)39)33(40)38-46(41,42)22(21)2/h8-11,14,16,21-22,26,28-29,32,34H,3-7,12-13,15,17-20,37H2,1-2H3,(H,38,40)/t21-,22+,26-,28-,29?,32-,34-,35?/m0/s1. The van der Waals surface area contributed by atoms with Crippen LogP contribution in [0.3, 0.4) is 0 Å². The maximum atomic E-state index is 13.5. The summed E-state index contributed by atoms with van der Waals surface area (Å²) in [6.45, 7) is 6.63. The molecular weight excluding hydrogens is 626 g/mol. The van der Waals surface area contributed by atoms with Crippen LogP contribution in [-0.4, -0.2) is 58.2 Å². The van der Waals surface area contributed by atoms with E-state index in [9.17, 15) is 13.2 Å². The van der Waals surface area contributed by atoms with Crippen molar-refractivity contribution in [1.82, 2.24) is 4.72 Å². The molecule has 7 rings (SSSR count). The third kappa shape index (κ3) is 5.93. The van der Waals surface area contributed by atoms with Gasteiger partial charge in [-0.2, -0.15) is 0 Å². The summed E-state index contributed by atoms with van der Waals surface area (Å²) in [5, 5.41) is -0.00722. The molecule has 2 saturated carbocycles. The summed E-state index contributed by atoms with van der Waals surface area (Å²) < 4.78 is 48.2. The summed E-state index contributed by atoms with van der Waals surface area (Å²) in [6, 6.07) is 11.1. The Morgan fingerprint density at radius 1 is 1.04 bits per heavy atom. The molecule has 250 valence electrons. The second kappa shape index (κ2) is 12.6. The van der Waals surface area contributed by atoms with Crippen LogP contribution in [0.4, 0.5) is 5.69 Å². The predicted molar refractivity (Wildman–Crippen MR) is 177 cm³/mol. The van der Waals surface area contributed by atoms with Crippen molar-refractivity contribution in [2.45, 2.75) is 83.0 Å². The van der Waals surface area contributed by atoms with Crippen molar-refractivity contribution in [2.75, 3.05) is 31.2 Å². The fourth-order valence-corrected chi connectivity index (χ4v) is 10.2. The van der Waals surface area contributed by atoms with Gasteiger partial charge in [0.1, 0.15) is 12.4 Å². The number of hydrogen-bond acceptors (Lipinski definition) is 8. The minimum atomic E-state index is -3.90. The first-order chi connectivity index (χ1) is 22.1. The average Bonchev–Trinajstić information content (AvgIpc) is 3.57. The summed E-state index contributed by atoms with van der Waals surface area (Å²) >= 11 is 6.36. The molecule has 46 heavy (non-hydrogen) atoms. The molecule has 2 bridgehead atoms. The molecule has 5 aliphatic rings. The quantitative estimate of drug-likeness (QED) is 0.420. The topological polar surface area (TPSA) is 120 Å². The molecule has 11 heteroatoms. The van der Waals surface area contributed by atoms with Crippen LogP contribution in [0.25, 0.3) is 0 Å². The van der Waals surface area contributed by atoms with Gasteiger partial charge in [0, 0.05) is 29.1 Å². The van der Waals surface area contributed by atoms with E-state index in [0.29, 0.717) is 53.9 Å². The van der Waals surface area contributed by atoms with Crippen LogP contribution >= 0.6 is 11.6 Å². The van der Waals surface area contributed by atoms with Gasteiger partial charge in [-0.3, -0.25) is 4.79 Å². The van der Waals surface area contributed by atoms with Crippen molar-refractivity contribution in [3.8, 4) is 5.75 Å². The van der Waals surface area contributed by atoms with Crippen LogP contribution in [0.1, 0.15) is 73.9 Å². The Balaban J connectivity index is 1.25. The van der Waals surface area contributed by atoms with Gasteiger partial charge in [0.15, 0.2) is 6.29 Å². The lowest BCUT2D eigenvalue weighted by Crippen LogP contribution is -2.45. The Hall–Kier alpha value is -2.37. The molecule has 3 aliphatic heterocycles. The van der Waals surface area contributed by atoms with Gasteiger partial charge >= 0.3 is 0 Å².